The number of carbonyl (C=O) groups is 3. The molecular formula is C22H28O5. The number of carbonyl (C=O) groups excluding carboxylic acids is 3. The van der Waals surface area contributed by atoms with E-state index in [1.807, 2.05) is 13.0 Å². The smallest absolute Gasteiger partial charge is 0.309 e. The molecular weight excluding hydrogens is 344 g/mol. The summed E-state index contributed by atoms with van der Waals surface area (Å²) >= 11 is 0. The van der Waals surface area contributed by atoms with Gasteiger partial charge in [-0.3, -0.25) is 14.4 Å². The van der Waals surface area contributed by atoms with Gasteiger partial charge in [0, 0.05) is 6.42 Å². The van der Waals surface area contributed by atoms with E-state index in [2.05, 4.69) is 19.9 Å². The van der Waals surface area contributed by atoms with Crippen molar-refractivity contribution in [2.45, 2.75) is 71.5 Å². The molecule has 5 heteroatoms. The lowest BCUT2D eigenvalue weighted by Crippen LogP contribution is -2.43. The fourth-order valence-electron chi connectivity index (χ4n) is 3.73. The minimum atomic E-state index is -0.960. The molecule has 5 nitrogen and oxygen atoms in total. The van der Waals surface area contributed by atoms with Gasteiger partial charge in [-0.05, 0) is 64.7 Å². The van der Waals surface area contributed by atoms with E-state index in [0.717, 1.165) is 31.3 Å². The Morgan fingerprint density at radius 3 is 2.70 bits per heavy atom. The van der Waals surface area contributed by atoms with Crippen LogP contribution < -0.4 is 0 Å². The summed E-state index contributed by atoms with van der Waals surface area (Å²) in [5, 5.41) is 0. The Labute approximate surface area is 160 Å². The predicted octanol–water partition coefficient (Wildman–Crippen LogP) is 3.83. The molecule has 3 rings (SSSR count). The third-order valence-electron chi connectivity index (χ3n) is 5.49. The standard InChI is InChI=1S/C22H28O5/c1-14(2)5-4-6-15(3)11-19-22(13-20(24)27-19)12-17(9-10-18(22)23)26-21(25)16-7-8-16/h5,9-11,16-17,19H,4,6-8,12-13H2,1-3H3/b15-11+/t17-,19-,22?/m1/s1. The Kier molecular flexibility index (Phi) is 5.68. The number of hydrogen-bond donors (Lipinski definition) is 0. The zero-order valence-corrected chi connectivity index (χ0v) is 16.3. The first-order valence-electron chi connectivity index (χ1n) is 9.73. The van der Waals surface area contributed by atoms with Crippen molar-refractivity contribution in [3.63, 3.8) is 0 Å². The van der Waals surface area contributed by atoms with E-state index < -0.39 is 17.6 Å². The number of esters is 2. The lowest BCUT2D eigenvalue weighted by atomic mass is 9.69. The molecule has 0 N–H and O–H groups in total. The van der Waals surface area contributed by atoms with Crippen LogP contribution in [0.1, 0.15) is 59.3 Å². The molecule has 2 fully saturated rings. The van der Waals surface area contributed by atoms with Crippen LogP contribution in [0.2, 0.25) is 0 Å². The van der Waals surface area contributed by atoms with Crippen LogP contribution in [-0.4, -0.2) is 29.9 Å². The molecule has 1 unspecified atom stereocenters. The van der Waals surface area contributed by atoms with E-state index in [0.29, 0.717) is 6.42 Å². The number of ether oxygens (including phenoxy) is 2. The van der Waals surface area contributed by atoms with Gasteiger partial charge in [0.15, 0.2) is 5.78 Å². The number of rotatable bonds is 6. The van der Waals surface area contributed by atoms with Gasteiger partial charge in [-0.2, -0.15) is 0 Å². The maximum atomic E-state index is 12.7. The molecule has 3 aliphatic rings. The largest absolute Gasteiger partial charge is 0.458 e. The van der Waals surface area contributed by atoms with Crippen molar-refractivity contribution in [3.05, 3.63) is 35.5 Å². The summed E-state index contributed by atoms with van der Waals surface area (Å²) < 4.78 is 11.1. The average Bonchev–Trinajstić information content (AvgIpc) is 3.37. The van der Waals surface area contributed by atoms with E-state index in [1.54, 1.807) is 6.08 Å². The normalized spacial score (nSPS) is 30.4. The van der Waals surface area contributed by atoms with Gasteiger partial charge in [-0.1, -0.05) is 17.2 Å². The molecule has 0 aromatic rings. The maximum absolute atomic E-state index is 12.7. The fourth-order valence-corrected chi connectivity index (χ4v) is 3.73. The summed E-state index contributed by atoms with van der Waals surface area (Å²) in [5.74, 6) is -0.694. The van der Waals surface area contributed by atoms with Crippen molar-refractivity contribution in [3.8, 4) is 0 Å². The van der Waals surface area contributed by atoms with E-state index in [4.69, 9.17) is 9.47 Å². The lowest BCUT2D eigenvalue weighted by molar-refractivity contribution is -0.152. The summed E-state index contributed by atoms with van der Waals surface area (Å²) in [6, 6.07) is 0. The molecule has 0 aromatic carbocycles. The van der Waals surface area contributed by atoms with E-state index in [9.17, 15) is 14.4 Å². The molecule has 1 aliphatic heterocycles. The lowest BCUT2D eigenvalue weighted by Gasteiger charge is -2.34. The molecule has 2 aliphatic carbocycles. The van der Waals surface area contributed by atoms with Crippen molar-refractivity contribution in [1.82, 2.24) is 0 Å². The minimum Gasteiger partial charge on any atom is -0.458 e. The average molecular weight is 372 g/mol. The van der Waals surface area contributed by atoms with Crippen molar-refractivity contribution in [2.24, 2.45) is 11.3 Å². The van der Waals surface area contributed by atoms with Crippen LogP contribution in [0.15, 0.2) is 35.5 Å². The summed E-state index contributed by atoms with van der Waals surface area (Å²) in [6.07, 6.45) is 9.92. The maximum Gasteiger partial charge on any atom is 0.309 e. The van der Waals surface area contributed by atoms with Crippen molar-refractivity contribution in [2.75, 3.05) is 0 Å². The monoisotopic (exact) mass is 372 g/mol. The second kappa shape index (κ2) is 7.83. The summed E-state index contributed by atoms with van der Waals surface area (Å²) in [7, 11) is 0. The number of cyclic esters (lactones) is 1. The second-order valence-electron chi connectivity index (χ2n) is 8.25. The zero-order chi connectivity index (χ0) is 19.6. The Morgan fingerprint density at radius 1 is 1.30 bits per heavy atom. The van der Waals surface area contributed by atoms with Gasteiger partial charge >= 0.3 is 11.9 Å². The molecule has 0 bridgehead atoms. The fraction of sp³-hybridized carbons (Fsp3) is 0.591. The van der Waals surface area contributed by atoms with Crippen molar-refractivity contribution >= 4 is 17.7 Å². The highest BCUT2D eigenvalue weighted by Crippen LogP contribution is 2.45. The molecule has 0 aromatic heterocycles. The Balaban J connectivity index is 1.74. The van der Waals surface area contributed by atoms with Crippen LogP contribution in [0.3, 0.4) is 0 Å². The van der Waals surface area contributed by atoms with Gasteiger partial charge in [-0.15, -0.1) is 0 Å². The molecule has 27 heavy (non-hydrogen) atoms. The Hall–Kier alpha value is -2.17. The highest BCUT2D eigenvalue weighted by molar-refractivity contribution is 6.00. The van der Waals surface area contributed by atoms with Gasteiger partial charge < -0.3 is 9.47 Å². The minimum absolute atomic E-state index is 0.00134. The van der Waals surface area contributed by atoms with Gasteiger partial charge in [0.25, 0.3) is 0 Å². The molecule has 0 amide bonds. The number of hydrogen-bond acceptors (Lipinski definition) is 5. The van der Waals surface area contributed by atoms with Crippen LogP contribution in [0, 0.1) is 11.3 Å². The van der Waals surface area contributed by atoms with Crippen molar-refractivity contribution < 1.29 is 23.9 Å². The van der Waals surface area contributed by atoms with Gasteiger partial charge in [-0.25, -0.2) is 0 Å². The third kappa shape index (κ3) is 4.57. The van der Waals surface area contributed by atoms with E-state index >= 15 is 0 Å². The quantitative estimate of drug-likeness (QED) is 0.523. The molecule has 146 valence electrons. The van der Waals surface area contributed by atoms with Gasteiger partial charge in [0.2, 0.25) is 0 Å². The number of allylic oxidation sites excluding steroid dienone is 4. The van der Waals surface area contributed by atoms with Gasteiger partial charge in [0.1, 0.15) is 12.2 Å². The van der Waals surface area contributed by atoms with E-state index in [-0.39, 0.29) is 30.1 Å². The van der Waals surface area contributed by atoms with Crippen LogP contribution in [0.25, 0.3) is 0 Å². The summed E-state index contributed by atoms with van der Waals surface area (Å²) in [4.78, 5) is 36.8. The third-order valence-corrected chi connectivity index (χ3v) is 5.49. The van der Waals surface area contributed by atoms with E-state index in [1.165, 1.54) is 11.6 Å². The first-order chi connectivity index (χ1) is 12.8. The highest BCUT2D eigenvalue weighted by atomic mass is 16.6. The van der Waals surface area contributed by atoms with Crippen LogP contribution in [-0.2, 0) is 23.9 Å². The molecule has 1 spiro atoms. The van der Waals surface area contributed by atoms with Gasteiger partial charge in [0.05, 0.1) is 17.8 Å². The Morgan fingerprint density at radius 2 is 2.04 bits per heavy atom. The molecule has 3 atom stereocenters. The second-order valence-corrected chi connectivity index (χ2v) is 8.25. The van der Waals surface area contributed by atoms with Crippen LogP contribution >= 0.6 is 0 Å². The molecule has 1 saturated heterocycles. The zero-order valence-electron chi connectivity index (χ0n) is 16.3. The van der Waals surface area contributed by atoms with Crippen LogP contribution in [0.4, 0.5) is 0 Å². The van der Waals surface area contributed by atoms with Crippen LogP contribution in [0.5, 0.6) is 0 Å². The molecule has 1 heterocycles. The topological polar surface area (TPSA) is 69.7 Å². The first-order valence-corrected chi connectivity index (χ1v) is 9.73. The number of ketones is 1. The molecule has 1 saturated carbocycles. The molecule has 0 radical (unpaired) electrons. The Bertz CT molecular complexity index is 721. The SMILES string of the molecule is CC(C)=CCC/C(C)=C/[C@H]1OC(=O)CC12C[C@H](OC(=O)C1CC1)C=CC2=O. The summed E-state index contributed by atoms with van der Waals surface area (Å²) in [6.45, 7) is 6.11. The summed E-state index contributed by atoms with van der Waals surface area (Å²) in [5.41, 5.74) is 1.39. The highest BCUT2D eigenvalue weighted by Gasteiger charge is 2.55. The first kappa shape index (κ1) is 19.6. The predicted molar refractivity (Wildman–Crippen MR) is 101 cm³/mol. The van der Waals surface area contributed by atoms with Crippen molar-refractivity contribution in [1.29, 1.82) is 0 Å².